The van der Waals surface area contributed by atoms with Crippen LogP contribution >= 0.6 is 0 Å². The fourth-order valence-electron chi connectivity index (χ4n) is 3.99. The van der Waals surface area contributed by atoms with Crippen LogP contribution in [0, 0.1) is 0 Å². The first-order valence-electron chi connectivity index (χ1n) is 10.2. The molecule has 3 rings (SSSR count). The summed E-state index contributed by atoms with van der Waals surface area (Å²) in [6, 6.07) is 5.26. The molecule has 1 saturated carbocycles. The van der Waals surface area contributed by atoms with E-state index in [2.05, 4.69) is 27.4 Å². The van der Waals surface area contributed by atoms with Gasteiger partial charge >= 0.3 is 0 Å². The van der Waals surface area contributed by atoms with E-state index in [1.165, 1.54) is 38.6 Å². The number of guanidine groups is 1. The molecule has 26 heavy (non-hydrogen) atoms. The van der Waals surface area contributed by atoms with Crippen LogP contribution in [0.15, 0.2) is 23.3 Å². The number of hydrogen-bond acceptors (Lipinski definition) is 4. The number of pyridine rings is 1. The highest BCUT2D eigenvalue weighted by molar-refractivity contribution is 5.80. The number of aliphatic imine (C=N–C) groups is 1. The number of rotatable bonds is 7. The maximum absolute atomic E-state index is 5.61. The van der Waals surface area contributed by atoms with Gasteiger partial charge < -0.3 is 15.4 Å². The highest BCUT2D eigenvalue weighted by atomic mass is 16.5. The third kappa shape index (κ3) is 5.10. The summed E-state index contributed by atoms with van der Waals surface area (Å²) in [6.07, 6.45) is 8.51. The van der Waals surface area contributed by atoms with Gasteiger partial charge in [0, 0.05) is 43.5 Å². The van der Waals surface area contributed by atoms with E-state index in [9.17, 15) is 0 Å². The topological polar surface area (TPSA) is 61.8 Å². The van der Waals surface area contributed by atoms with Crippen molar-refractivity contribution >= 4 is 5.96 Å². The number of likely N-dealkylation sites (tertiary alicyclic amines) is 1. The lowest BCUT2D eigenvalue weighted by atomic mass is 10.2. The molecule has 1 atom stereocenters. The molecule has 2 N–H and O–H groups in total. The van der Waals surface area contributed by atoms with E-state index < -0.39 is 0 Å². The van der Waals surface area contributed by atoms with Gasteiger partial charge in [0.05, 0.1) is 13.2 Å². The summed E-state index contributed by atoms with van der Waals surface area (Å²) in [5.74, 6) is 1.57. The van der Waals surface area contributed by atoms with Crippen LogP contribution in [0.25, 0.3) is 0 Å². The average Bonchev–Trinajstić information content (AvgIpc) is 3.33. The molecule has 6 nitrogen and oxygen atoms in total. The van der Waals surface area contributed by atoms with Crippen LogP contribution in [-0.2, 0) is 6.54 Å². The Hall–Kier alpha value is -1.82. The van der Waals surface area contributed by atoms with E-state index in [0.29, 0.717) is 25.1 Å². The van der Waals surface area contributed by atoms with Crippen molar-refractivity contribution in [1.29, 1.82) is 0 Å². The van der Waals surface area contributed by atoms with Crippen LogP contribution in [0.2, 0.25) is 0 Å². The summed E-state index contributed by atoms with van der Waals surface area (Å²) >= 11 is 0. The fraction of sp³-hybridized carbons (Fsp3) is 0.700. The maximum atomic E-state index is 5.61. The second-order valence-corrected chi connectivity index (χ2v) is 7.16. The van der Waals surface area contributed by atoms with Crippen LogP contribution in [-0.4, -0.2) is 54.2 Å². The van der Waals surface area contributed by atoms with Gasteiger partial charge in [0.1, 0.15) is 0 Å². The molecule has 0 aromatic carbocycles. The van der Waals surface area contributed by atoms with Crippen LogP contribution in [0.5, 0.6) is 5.88 Å². The zero-order chi connectivity index (χ0) is 18.2. The summed E-state index contributed by atoms with van der Waals surface area (Å²) in [6.45, 7) is 8.46. The van der Waals surface area contributed by atoms with E-state index in [4.69, 9.17) is 9.73 Å². The Morgan fingerprint density at radius 2 is 2.15 bits per heavy atom. The van der Waals surface area contributed by atoms with E-state index in [-0.39, 0.29) is 0 Å². The van der Waals surface area contributed by atoms with Gasteiger partial charge in [-0.2, -0.15) is 0 Å². The SMILES string of the molecule is CCNC(=NCc1cccnc1OCC)NC1CCN(C2CCCC2)C1. The maximum Gasteiger partial charge on any atom is 0.218 e. The van der Waals surface area contributed by atoms with Gasteiger partial charge in [-0.1, -0.05) is 18.9 Å². The zero-order valence-corrected chi connectivity index (χ0v) is 16.2. The minimum absolute atomic E-state index is 0.480. The van der Waals surface area contributed by atoms with Gasteiger partial charge in [-0.15, -0.1) is 0 Å². The van der Waals surface area contributed by atoms with Crippen molar-refractivity contribution in [2.45, 2.75) is 64.6 Å². The van der Waals surface area contributed by atoms with Gasteiger partial charge in [0.15, 0.2) is 5.96 Å². The number of hydrogen-bond donors (Lipinski definition) is 2. The van der Waals surface area contributed by atoms with Crippen molar-refractivity contribution in [1.82, 2.24) is 20.5 Å². The van der Waals surface area contributed by atoms with Crippen molar-refractivity contribution in [3.8, 4) is 5.88 Å². The van der Waals surface area contributed by atoms with Crippen molar-refractivity contribution in [3.63, 3.8) is 0 Å². The predicted octanol–water partition coefficient (Wildman–Crippen LogP) is 2.55. The number of nitrogens with zero attached hydrogens (tertiary/aromatic N) is 3. The predicted molar refractivity (Wildman–Crippen MR) is 106 cm³/mol. The third-order valence-corrected chi connectivity index (χ3v) is 5.28. The first-order chi connectivity index (χ1) is 12.8. The minimum atomic E-state index is 0.480. The van der Waals surface area contributed by atoms with Gasteiger partial charge in [-0.25, -0.2) is 9.98 Å². The average molecular weight is 360 g/mol. The quantitative estimate of drug-likeness (QED) is 0.579. The monoisotopic (exact) mass is 359 g/mol. The van der Waals surface area contributed by atoms with E-state index >= 15 is 0 Å². The molecular weight excluding hydrogens is 326 g/mol. The molecule has 1 aliphatic heterocycles. The molecule has 0 amide bonds. The zero-order valence-electron chi connectivity index (χ0n) is 16.2. The third-order valence-electron chi connectivity index (χ3n) is 5.28. The fourth-order valence-corrected chi connectivity index (χ4v) is 3.99. The van der Waals surface area contributed by atoms with Crippen LogP contribution in [0.4, 0.5) is 0 Å². The van der Waals surface area contributed by atoms with Crippen LogP contribution < -0.4 is 15.4 Å². The van der Waals surface area contributed by atoms with Crippen molar-refractivity contribution in [2.24, 2.45) is 4.99 Å². The largest absolute Gasteiger partial charge is 0.478 e. The lowest BCUT2D eigenvalue weighted by Crippen LogP contribution is -2.45. The molecule has 0 spiro atoms. The van der Waals surface area contributed by atoms with Crippen LogP contribution in [0.3, 0.4) is 0 Å². The smallest absolute Gasteiger partial charge is 0.218 e. The van der Waals surface area contributed by atoms with Gasteiger partial charge in [0.2, 0.25) is 5.88 Å². The second kappa shape index (κ2) is 9.76. The lowest BCUT2D eigenvalue weighted by molar-refractivity contribution is 0.242. The Bertz CT molecular complexity index is 585. The highest BCUT2D eigenvalue weighted by Gasteiger charge is 2.30. The first kappa shape index (κ1) is 19.0. The summed E-state index contributed by atoms with van der Waals surface area (Å²) in [5.41, 5.74) is 1.02. The summed E-state index contributed by atoms with van der Waals surface area (Å²) in [4.78, 5) is 11.7. The van der Waals surface area contributed by atoms with E-state index in [1.807, 2.05) is 19.1 Å². The Labute approximate surface area is 157 Å². The number of ether oxygens (including phenoxy) is 1. The molecule has 1 aromatic rings. The molecule has 2 fully saturated rings. The molecule has 2 heterocycles. The highest BCUT2D eigenvalue weighted by Crippen LogP contribution is 2.26. The van der Waals surface area contributed by atoms with E-state index in [1.54, 1.807) is 6.20 Å². The molecule has 1 saturated heterocycles. The standard InChI is InChI=1S/C20H33N5O/c1-3-21-20(23-14-16-8-7-12-22-19(16)26-4-2)24-17-11-13-25(15-17)18-9-5-6-10-18/h7-8,12,17-18H,3-6,9-11,13-15H2,1-2H3,(H2,21,23,24). The minimum Gasteiger partial charge on any atom is -0.478 e. The Balaban J connectivity index is 1.57. The molecule has 1 aliphatic carbocycles. The Morgan fingerprint density at radius 1 is 1.31 bits per heavy atom. The van der Waals surface area contributed by atoms with E-state index in [0.717, 1.165) is 30.7 Å². The molecule has 0 radical (unpaired) electrons. The second-order valence-electron chi connectivity index (χ2n) is 7.16. The molecule has 144 valence electrons. The molecule has 6 heteroatoms. The molecule has 2 aliphatic rings. The van der Waals surface area contributed by atoms with Gasteiger partial charge in [-0.3, -0.25) is 4.90 Å². The number of nitrogens with one attached hydrogen (secondary N) is 2. The first-order valence-corrected chi connectivity index (χ1v) is 10.2. The van der Waals surface area contributed by atoms with Crippen molar-refractivity contribution < 1.29 is 4.74 Å². The Morgan fingerprint density at radius 3 is 2.92 bits per heavy atom. The van der Waals surface area contributed by atoms with Crippen molar-refractivity contribution in [3.05, 3.63) is 23.9 Å². The van der Waals surface area contributed by atoms with Crippen molar-refractivity contribution in [2.75, 3.05) is 26.2 Å². The lowest BCUT2D eigenvalue weighted by Gasteiger charge is -2.24. The molecule has 1 aromatic heterocycles. The van der Waals surface area contributed by atoms with Gasteiger partial charge in [0.25, 0.3) is 0 Å². The summed E-state index contributed by atoms with van der Waals surface area (Å²) in [5, 5.41) is 7.00. The number of aromatic nitrogens is 1. The molecule has 1 unspecified atom stereocenters. The summed E-state index contributed by atoms with van der Waals surface area (Å²) in [7, 11) is 0. The molecule has 0 bridgehead atoms. The Kier molecular flexibility index (Phi) is 7.12. The molecular formula is C20H33N5O. The van der Waals surface area contributed by atoms with Gasteiger partial charge in [-0.05, 0) is 39.2 Å². The normalized spacial score (nSPS) is 21.9. The summed E-state index contributed by atoms with van der Waals surface area (Å²) < 4.78 is 5.61. The van der Waals surface area contributed by atoms with Crippen LogP contribution in [0.1, 0.15) is 51.5 Å².